The van der Waals surface area contributed by atoms with Crippen molar-refractivity contribution < 1.29 is 14.6 Å². The van der Waals surface area contributed by atoms with Gasteiger partial charge in [0.1, 0.15) is 5.75 Å². The maximum atomic E-state index is 10.1. The molecule has 3 aliphatic rings. The summed E-state index contributed by atoms with van der Waals surface area (Å²) in [4.78, 5) is 2.58. The lowest BCUT2D eigenvalue weighted by Crippen LogP contribution is -2.38. The van der Waals surface area contributed by atoms with Crippen LogP contribution in [-0.4, -0.2) is 42.0 Å². The van der Waals surface area contributed by atoms with Crippen LogP contribution in [0.5, 0.6) is 17.2 Å². The monoisotopic (exact) mass is 276 g/mol. The minimum absolute atomic E-state index is 0.241. The lowest BCUT2D eigenvalue weighted by molar-refractivity contribution is 0.174. The first kappa shape index (κ1) is 12.3. The van der Waals surface area contributed by atoms with Gasteiger partial charge in [0, 0.05) is 36.8 Å². The summed E-state index contributed by atoms with van der Waals surface area (Å²) in [5.74, 6) is 1.64. The van der Waals surface area contributed by atoms with Crippen LogP contribution in [0.1, 0.15) is 24.8 Å². The second-order valence-corrected chi connectivity index (χ2v) is 5.86. The average molecular weight is 276 g/mol. The van der Waals surface area contributed by atoms with Crippen LogP contribution in [0.4, 0.5) is 0 Å². The number of nitrogens with one attached hydrogen (secondary N) is 1. The molecule has 108 valence electrons. The fourth-order valence-electron chi connectivity index (χ4n) is 3.68. The highest BCUT2D eigenvalue weighted by Gasteiger charge is 2.36. The number of aromatic hydroxyl groups is 1. The van der Waals surface area contributed by atoms with Crippen molar-refractivity contribution in [1.82, 2.24) is 10.2 Å². The highest BCUT2D eigenvalue weighted by Crippen LogP contribution is 2.37. The number of phenolic OH excluding ortho intramolecular Hbond substituents is 1. The van der Waals surface area contributed by atoms with Crippen molar-refractivity contribution in [2.75, 3.05) is 19.9 Å². The number of phenols is 1. The summed E-state index contributed by atoms with van der Waals surface area (Å²) in [6, 6.07) is 4.76. The van der Waals surface area contributed by atoms with E-state index in [0.717, 1.165) is 11.3 Å². The molecule has 0 bridgehead atoms. The number of ether oxygens (including phenoxy) is 2. The average Bonchev–Trinajstić information content (AvgIpc) is 3.12. The third-order valence-electron chi connectivity index (χ3n) is 4.73. The van der Waals surface area contributed by atoms with Crippen molar-refractivity contribution in [2.24, 2.45) is 0 Å². The Hall–Kier alpha value is -1.46. The van der Waals surface area contributed by atoms with Crippen molar-refractivity contribution in [2.45, 2.75) is 37.9 Å². The summed E-state index contributed by atoms with van der Waals surface area (Å²) in [6.07, 6.45) is 3.82. The van der Waals surface area contributed by atoms with Crippen LogP contribution in [0, 0.1) is 0 Å². The molecular weight excluding hydrogens is 256 g/mol. The largest absolute Gasteiger partial charge is 0.507 e. The molecule has 0 spiro atoms. The summed E-state index contributed by atoms with van der Waals surface area (Å²) in [5, 5.41) is 13.7. The molecule has 5 nitrogen and oxygen atoms in total. The van der Waals surface area contributed by atoms with Crippen molar-refractivity contribution in [3.05, 3.63) is 17.7 Å². The quantitative estimate of drug-likeness (QED) is 0.875. The smallest absolute Gasteiger partial charge is 0.231 e. The minimum Gasteiger partial charge on any atom is -0.507 e. The Morgan fingerprint density at radius 1 is 1.20 bits per heavy atom. The Bertz CT molecular complexity index is 520. The Labute approximate surface area is 118 Å². The lowest BCUT2D eigenvalue weighted by Gasteiger charge is -2.21. The zero-order chi connectivity index (χ0) is 13.5. The molecule has 2 N–H and O–H groups in total. The van der Waals surface area contributed by atoms with Gasteiger partial charge < -0.3 is 19.9 Å². The molecule has 0 amide bonds. The molecule has 3 heterocycles. The number of fused-ring (bicyclic) bond motifs is 2. The SMILES string of the molecule is Oc1cc2c(cc1CNC1CCN3CCCC13)OCO2. The molecule has 0 aliphatic carbocycles. The summed E-state index contributed by atoms with van der Waals surface area (Å²) < 4.78 is 10.6. The molecule has 0 aromatic heterocycles. The van der Waals surface area contributed by atoms with Crippen LogP contribution < -0.4 is 14.8 Å². The number of nitrogens with zero attached hydrogens (tertiary/aromatic N) is 1. The Morgan fingerprint density at radius 2 is 2.05 bits per heavy atom. The molecule has 2 saturated heterocycles. The van der Waals surface area contributed by atoms with Gasteiger partial charge in [0.15, 0.2) is 11.5 Å². The molecule has 3 aliphatic heterocycles. The van der Waals surface area contributed by atoms with E-state index in [1.54, 1.807) is 6.07 Å². The first-order valence-electron chi connectivity index (χ1n) is 7.40. The molecule has 5 heteroatoms. The number of hydrogen-bond acceptors (Lipinski definition) is 5. The topological polar surface area (TPSA) is 54.0 Å². The van der Waals surface area contributed by atoms with E-state index in [1.165, 1.54) is 32.4 Å². The van der Waals surface area contributed by atoms with Crippen molar-refractivity contribution in [3.8, 4) is 17.2 Å². The zero-order valence-corrected chi connectivity index (χ0v) is 11.5. The molecule has 1 aromatic rings. The van der Waals surface area contributed by atoms with E-state index < -0.39 is 0 Å². The molecule has 2 atom stereocenters. The third-order valence-corrected chi connectivity index (χ3v) is 4.73. The van der Waals surface area contributed by atoms with Gasteiger partial charge in [-0.3, -0.25) is 4.90 Å². The molecule has 20 heavy (non-hydrogen) atoms. The van der Waals surface area contributed by atoms with Crippen molar-refractivity contribution in [3.63, 3.8) is 0 Å². The van der Waals surface area contributed by atoms with E-state index in [-0.39, 0.29) is 12.5 Å². The van der Waals surface area contributed by atoms with Crippen LogP contribution in [-0.2, 0) is 6.54 Å². The molecule has 2 fully saturated rings. The minimum atomic E-state index is 0.241. The van der Waals surface area contributed by atoms with Gasteiger partial charge in [0.25, 0.3) is 0 Å². The van der Waals surface area contributed by atoms with Crippen molar-refractivity contribution in [1.29, 1.82) is 0 Å². The number of benzene rings is 1. The molecule has 2 unspecified atom stereocenters. The van der Waals surface area contributed by atoms with E-state index in [4.69, 9.17) is 9.47 Å². The fourth-order valence-corrected chi connectivity index (χ4v) is 3.68. The predicted molar refractivity (Wildman–Crippen MR) is 74.1 cm³/mol. The van der Waals surface area contributed by atoms with E-state index in [0.29, 0.717) is 24.4 Å². The van der Waals surface area contributed by atoms with Crippen LogP contribution in [0.15, 0.2) is 12.1 Å². The van der Waals surface area contributed by atoms with Gasteiger partial charge in [0.05, 0.1) is 0 Å². The van der Waals surface area contributed by atoms with Crippen LogP contribution in [0.25, 0.3) is 0 Å². The summed E-state index contributed by atoms with van der Waals surface area (Å²) in [5.41, 5.74) is 0.880. The molecular formula is C15H20N2O3. The Morgan fingerprint density at radius 3 is 2.95 bits per heavy atom. The van der Waals surface area contributed by atoms with E-state index in [2.05, 4.69) is 10.2 Å². The second-order valence-electron chi connectivity index (χ2n) is 5.86. The first-order chi connectivity index (χ1) is 9.81. The molecule has 4 rings (SSSR count). The number of rotatable bonds is 3. The summed E-state index contributed by atoms with van der Waals surface area (Å²) in [7, 11) is 0. The first-order valence-corrected chi connectivity index (χ1v) is 7.40. The number of hydrogen-bond donors (Lipinski definition) is 2. The predicted octanol–water partition coefficient (Wildman–Crippen LogP) is 1.45. The lowest BCUT2D eigenvalue weighted by atomic mass is 10.1. The fraction of sp³-hybridized carbons (Fsp3) is 0.600. The molecule has 1 aromatic carbocycles. The third kappa shape index (κ3) is 2.01. The van der Waals surface area contributed by atoms with E-state index in [9.17, 15) is 5.11 Å². The van der Waals surface area contributed by atoms with Crippen LogP contribution >= 0.6 is 0 Å². The standard InChI is InChI=1S/C15H20N2O3/c18-13-7-15-14(19-9-20-15)6-10(13)8-16-11-3-5-17-4-1-2-12(11)17/h6-7,11-12,16,18H,1-5,8-9H2. The highest BCUT2D eigenvalue weighted by atomic mass is 16.7. The van der Waals surface area contributed by atoms with Crippen molar-refractivity contribution >= 4 is 0 Å². The van der Waals surface area contributed by atoms with Crippen LogP contribution in [0.2, 0.25) is 0 Å². The molecule has 0 radical (unpaired) electrons. The van der Waals surface area contributed by atoms with Gasteiger partial charge in [-0.1, -0.05) is 0 Å². The van der Waals surface area contributed by atoms with Gasteiger partial charge in [-0.25, -0.2) is 0 Å². The maximum Gasteiger partial charge on any atom is 0.231 e. The van der Waals surface area contributed by atoms with E-state index >= 15 is 0 Å². The van der Waals surface area contributed by atoms with Gasteiger partial charge in [-0.15, -0.1) is 0 Å². The van der Waals surface area contributed by atoms with Gasteiger partial charge in [-0.05, 0) is 31.9 Å². The maximum absolute atomic E-state index is 10.1. The van der Waals surface area contributed by atoms with Gasteiger partial charge in [0.2, 0.25) is 6.79 Å². The van der Waals surface area contributed by atoms with E-state index in [1.807, 2.05) is 6.07 Å². The van der Waals surface area contributed by atoms with Gasteiger partial charge >= 0.3 is 0 Å². The summed E-state index contributed by atoms with van der Waals surface area (Å²) >= 11 is 0. The highest BCUT2D eigenvalue weighted by molar-refractivity contribution is 5.51. The normalized spacial score (nSPS) is 28.0. The Balaban J connectivity index is 1.44. The summed E-state index contributed by atoms with van der Waals surface area (Å²) in [6.45, 7) is 3.37. The Kier molecular flexibility index (Phi) is 2.97. The van der Waals surface area contributed by atoms with Crippen LogP contribution in [0.3, 0.4) is 0 Å². The molecule has 0 saturated carbocycles. The zero-order valence-electron chi connectivity index (χ0n) is 11.5. The second kappa shape index (κ2) is 4.82. The van der Waals surface area contributed by atoms with Gasteiger partial charge in [-0.2, -0.15) is 0 Å².